The fourth-order valence-electron chi connectivity index (χ4n) is 2.63. The standard InChI is InChI=1S/C15H21NO3/c1-8(2)16-14(18)13-9(3)12-10(17)6-15(4,5)7-11(12)19-13/h8H,6-7H2,1-5H3,(H,16,18). The van der Waals surface area contributed by atoms with Crippen LogP contribution in [0.25, 0.3) is 0 Å². The van der Waals surface area contributed by atoms with Gasteiger partial charge in [0.05, 0.1) is 5.56 Å². The molecule has 0 bridgehead atoms. The normalized spacial score (nSPS) is 17.5. The molecule has 0 radical (unpaired) electrons. The minimum Gasteiger partial charge on any atom is -0.455 e. The number of hydrogen-bond acceptors (Lipinski definition) is 3. The van der Waals surface area contributed by atoms with E-state index in [0.717, 1.165) is 0 Å². The van der Waals surface area contributed by atoms with E-state index in [1.807, 2.05) is 27.7 Å². The molecule has 4 nitrogen and oxygen atoms in total. The van der Waals surface area contributed by atoms with Crippen LogP contribution in [0.2, 0.25) is 0 Å². The molecule has 0 unspecified atom stereocenters. The number of furan rings is 1. The summed E-state index contributed by atoms with van der Waals surface area (Å²) in [5.41, 5.74) is 1.20. The minimum absolute atomic E-state index is 0.0428. The molecule has 4 heteroatoms. The third-order valence-corrected chi connectivity index (χ3v) is 3.40. The maximum Gasteiger partial charge on any atom is 0.287 e. The van der Waals surface area contributed by atoms with Crippen molar-refractivity contribution in [1.29, 1.82) is 0 Å². The molecule has 1 aliphatic rings. The van der Waals surface area contributed by atoms with Gasteiger partial charge in [-0.05, 0) is 26.2 Å². The lowest BCUT2D eigenvalue weighted by Crippen LogP contribution is -2.30. The maximum absolute atomic E-state index is 12.2. The zero-order valence-electron chi connectivity index (χ0n) is 12.2. The molecule has 1 aromatic heterocycles. The summed E-state index contributed by atoms with van der Waals surface area (Å²) in [6.07, 6.45) is 1.20. The van der Waals surface area contributed by atoms with Gasteiger partial charge in [-0.25, -0.2) is 0 Å². The van der Waals surface area contributed by atoms with E-state index >= 15 is 0 Å². The minimum atomic E-state index is -0.243. The summed E-state index contributed by atoms with van der Waals surface area (Å²) < 4.78 is 5.67. The van der Waals surface area contributed by atoms with E-state index in [-0.39, 0.29) is 28.9 Å². The largest absolute Gasteiger partial charge is 0.455 e. The highest BCUT2D eigenvalue weighted by atomic mass is 16.4. The summed E-state index contributed by atoms with van der Waals surface area (Å²) in [4.78, 5) is 24.2. The molecule has 2 rings (SSSR count). The first kappa shape index (κ1) is 13.8. The first-order chi connectivity index (χ1) is 8.71. The molecule has 0 fully saturated rings. The Balaban J connectivity index is 2.41. The van der Waals surface area contributed by atoms with Crippen LogP contribution in [0.1, 0.15) is 66.4 Å². The van der Waals surface area contributed by atoms with Crippen molar-refractivity contribution < 1.29 is 14.0 Å². The molecule has 104 valence electrons. The quantitative estimate of drug-likeness (QED) is 0.892. The molecule has 0 spiro atoms. The van der Waals surface area contributed by atoms with Gasteiger partial charge in [0.1, 0.15) is 5.76 Å². The third-order valence-electron chi connectivity index (χ3n) is 3.40. The lowest BCUT2D eigenvalue weighted by molar-refractivity contribution is 0.0885. The Morgan fingerprint density at radius 3 is 2.53 bits per heavy atom. The fourth-order valence-corrected chi connectivity index (χ4v) is 2.63. The number of Topliss-reactive ketones (excluding diaryl/α,β-unsaturated/α-hetero) is 1. The number of carbonyl (C=O) groups is 2. The number of fused-ring (bicyclic) bond motifs is 1. The molecule has 0 atom stereocenters. The lowest BCUT2D eigenvalue weighted by atomic mass is 9.76. The van der Waals surface area contributed by atoms with Gasteiger partial charge in [0.2, 0.25) is 0 Å². The van der Waals surface area contributed by atoms with Crippen molar-refractivity contribution in [3.05, 3.63) is 22.6 Å². The Hall–Kier alpha value is -1.58. The van der Waals surface area contributed by atoms with E-state index in [4.69, 9.17) is 4.42 Å². The molecular weight excluding hydrogens is 242 g/mol. The predicted octanol–water partition coefficient (Wildman–Crippen LogP) is 2.88. The molecule has 0 aliphatic heterocycles. The van der Waals surface area contributed by atoms with Gasteiger partial charge in [0.25, 0.3) is 5.91 Å². The van der Waals surface area contributed by atoms with Crippen molar-refractivity contribution in [2.24, 2.45) is 5.41 Å². The highest BCUT2D eigenvalue weighted by Gasteiger charge is 2.37. The van der Waals surface area contributed by atoms with E-state index in [2.05, 4.69) is 5.32 Å². The second-order valence-electron chi connectivity index (χ2n) is 6.42. The summed E-state index contributed by atoms with van der Waals surface area (Å²) in [7, 11) is 0. The van der Waals surface area contributed by atoms with Crippen molar-refractivity contribution >= 4 is 11.7 Å². The van der Waals surface area contributed by atoms with Crippen LogP contribution < -0.4 is 5.32 Å². The van der Waals surface area contributed by atoms with Crippen LogP contribution in [0, 0.1) is 12.3 Å². The predicted molar refractivity (Wildman–Crippen MR) is 72.5 cm³/mol. The second kappa shape index (κ2) is 4.51. The number of ketones is 1. The summed E-state index contributed by atoms with van der Waals surface area (Å²) in [5.74, 6) is 0.779. The molecule has 0 saturated heterocycles. The van der Waals surface area contributed by atoms with Gasteiger partial charge in [-0.2, -0.15) is 0 Å². The summed E-state index contributed by atoms with van der Waals surface area (Å²) in [6, 6.07) is 0.0428. The van der Waals surface area contributed by atoms with Crippen LogP contribution >= 0.6 is 0 Å². The van der Waals surface area contributed by atoms with Gasteiger partial charge in [-0.1, -0.05) is 13.8 Å². The fraction of sp³-hybridized carbons (Fsp3) is 0.600. The van der Waals surface area contributed by atoms with Crippen LogP contribution in [-0.2, 0) is 6.42 Å². The van der Waals surface area contributed by atoms with Crippen molar-refractivity contribution in [2.75, 3.05) is 0 Å². The first-order valence-electron chi connectivity index (χ1n) is 6.67. The summed E-state index contributed by atoms with van der Waals surface area (Å²) in [6.45, 7) is 9.65. The second-order valence-corrected chi connectivity index (χ2v) is 6.42. The van der Waals surface area contributed by atoms with E-state index in [9.17, 15) is 9.59 Å². The summed E-state index contributed by atoms with van der Waals surface area (Å²) in [5, 5.41) is 2.80. The van der Waals surface area contributed by atoms with Gasteiger partial charge in [-0.3, -0.25) is 9.59 Å². The van der Waals surface area contributed by atoms with Crippen molar-refractivity contribution in [1.82, 2.24) is 5.32 Å². The Kier molecular flexibility index (Phi) is 3.29. The molecule has 1 aromatic rings. The molecule has 19 heavy (non-hydrogen) atoms. The van der Waals surface area contributed by atoms with E-state index in [1.165, 1.54) is 0 Å². The van der Waals surface area contributed by atoms with Gasteiger partial charge < -0.3 is 9.73 Å². The van der Waals surface area contributed by atoms with Crippen LogP contribution in [-0.4, -0.2) is 17.7 Å². The average Bonchev–Trinajstić information content (AvgIpc) is 2.52. The van der Waals surface area contributed by atoms with Crippen LogP contribution in [0.15, 0.2) is 4.42 Å². The Labute approximate surface area is 113 Å². The van der Waals surface area contributed by atoms with Crippen molar-refractivity contribution in [3.8, 4) is 0 Å². The van der Waals surface area contributed by atoms with Crippen molar-refractivity contribution in [3.63, 3.8) is 0 Å². The zero-order valence-corrected chi connectivity index (χ0v) is 12.2. The van der Waals surface area contributed by atoms with Gasteiger partial charge in [-0.15, -0.1) is 0 Å². The van der Waals surface area contributed by atoms with E-state index in [1.54, 1.807) is 6.92 Å². The molecule has 1 amide bonds. The highest BCUT2D eigenvalue weighted by molar-refractivity contribution is 6.03. The van der Waals surface area contributed by atoms with Gasteiger partial charge in [0.15, 0.2) is 11.5 Å². The Morgan fingerprint density at radius 2 is 1.95 bits per heavy atom. The lowest BCUT2D eigenvalue weighted by Gasteiger charge is -2.27. The Bertz CT molecular complexity index is 538. The van der Waals surface area contributed by atoms with Crippen LogP contribution in [0.3, 0.4) is 0 Å². The average molecular weight is 263 g/mol. The zero-order chi connectivity index (χ0) is 14.4. The van der Waals surface area contributed by atoms with E-state index < -0.39 is 0 Å². The summed E-state index contributed by atoms with van der Waals surface area (Å²) >= 11 is 0. The topological polar surface area (TPSA) is 59.3 Å². The van der Waals surface area contributed by atoms with Gasteiger partial charge in [0, 0.05) is 24.4 Å². The Morgan fingerprint density at radius 1 is 1.32 bits per heavy atom. The monoisotopic (exact) mass is 263 g/mol. The SMILES string of the molecule is Cc1c(C(=O)NC(C)C)oc2c1C(=O)CC(C)(C)C2. The highest BCUT2D eigenvalue weighted by Crippen LogP contribution is 2.38. The number of amides is 1. The molecule has 0 saturated carbocycles. The number of rotatable bonds is 2. The number of hydrogen-bond donors (Lipinski definition) is 1. The van der Waals surface area contributed by atoms with Crippen molar-refractivity contribution in [2.45, 2.75) is 53.5 Å². The molecular formula is C15H21NO3. The van der Waals surface area contributed by atoms with E-state index in [0.29, 0.717) is 29.7 Å². The maximum atomic E-state index is 12.2. The number of nitrogens with one attached hydrogen (secondary N) is 1. The third kappa shape index (κ3) is 2.57. The van der Waals surface area contributed by atoms with Crippen LogP contribution in [0.5, 0.6) is 0 Å². The number of carbonyl (C=O) groups excluding carboxylic acids is 2. The van der Waals surface area contributed by atoms with Crippen LogP contribution in [0.4, 0.5) is 0 Å². The molecule has 1 aliphatic carbocycles. The molecule has 0 aromatic carbocycles. The van der Waals surface area contributed by atoms with Gasteiger partial charge >= 0.3 is 0 Å². The molecule has 1 heterocycles. The first-order valence-corrected chi connectivity index (χ1v) is 6.67. The molecule has 1 N–H and O–H groups in total. The smallest absolute Gasteiger partial charge is 0.287 e.